The average molecular weight is 848 g/mol. The van der Waals surface area contributed by atoms with Crippen LogP contribution in [0.3, 0.4) is 0 Å². The SMILES string of the molecule is CCn1cc(C(=O)O)c(=O)c2cc(F)c(N3CCN(C(=O)OCc4ccc(NC(=O)[C@H](CCCCNC(=O)OC(C)(C)C)CC(=O)[C@@H](C)Cc5cccs5)cc4)CC3)cc21. The number of pyridine rings is 1. The molecule has 2 atom stereocenters. The number of piperazine rings is 1. The van der Waals surface area contributed by atoms with Crippen molar-refractivity contribution >= 4 is 63.5 Å². The van der Waals surface area contributed by atoms with E-state index in [1.54, 1.807) is 78.8 Å². The molecule has 3 heterocycles. The smallest absolute Gasteiger partial charge is 0.410 e. The summed E-state index contributed by atoms with van der Waals surface area (Å²) in [6.07, 6.45) is 2.60. The fraction of sp³-hybridized carbons (Fsp3) is 0.455. The second-order valence-electron chi connectivity index (χ2n) is 16.0. The van der Waals surface area contributed by atoms with Gasteiger partial charge < -0.3 is 39.6 Å². The Balaban J connectivity index is 1.12. The monoisotopic (exact) mass is 847 g/mol. The third-order valence-corrected chi connectivity index (χ3v) is 11.2. The van der Waals surface area contributed by atoms with Gasteiger partial charge in [-0.1, -0.05) is 31.5 Å². The number of ether oxygens (including phenoxy) is 2. The molecule has 1 aliphatic heterocycles. The Morgan fingerprint density at radius 2 is 1.72 bits per heavy atom. The molecule has 14 nitrogen and oxygen atoms in total. The zero-order valence-electron chi connectivity index (χ0n) is 34.8. The van der Waals surface area contributed by atoms with Gasteiger partial charge in [0.25, 0.3) is 0 Å². The van der Waals surface area contributed by atoms with Crippen LogP contribution in [0.1, 0.15) is 81.1 Å². The molecule has 1 saturated heterocycles. The molecule has 3 N–H and O–H groups in total. The number of unbranched alkanes of at least 4 members (excludes halogenated alkanes) is 1. The molecular formula is C44H54FN5O9S. The van der Waals surface area contributed by atoms with E-state index >= 15 is 4.39 Å². The molecule has 0 bridgehead atoms. The summed E-state index contributed by atoms with van der Waals surface area (Å²) in [4.78, 5) is 80.6. The molecule has 0 saturated carbocycles. The summed E-state index contributed by atoms with van der Waals surface area (Å²) in [6.45, 7) is 10.9. The minimum atomic E-state index is -1.38. The molecule has 322 valence electrons. The first-order chi connectivity index (χ1) is 28.5. The maximum atomic E-state index is 15.3. The number of hydrogen-bond acceptors (Lipinski definition) is 10. The van der Waals surface area contributed by atoms with E-state index in [9.17, 15) is 33.9 Å². The van der Waals surface area contributed by atoms with Crippen molar-refractivity contribution in [2.24, 2.45) is 11.8 Å². The van der Waals surface area contributed by atoms with Crippen LogP contribution in [-0.4, -0.2) is 82.7 Å². The van der Waals surface area contributed by atoms with E-state index in [-0.39, 0.29) is 54.8 Å². The van der Waals surface area contributed by atoms with E-state index < -0.39 is 46.5 Å². The van der Waals surface area contributed by atoms with E-state index in [1.807, 2.05) is 24.4 Å². The Hall–Kier alpha value is -5.77. The number of aromatic carboxylic acids is 1. The number of thiophene rings is 1. The minimum absolute atomic E-state index is 0.0102. The molecule has 4 aromatic rings. The fourth-order valence-corrected chi connectivity index (χ4v) is 7.82. The van der Waals surface area contributed by atoms with Crippen LogP contribution in [-0.2, 0) is 38.6 Å². The highest BCUT2D eigenvalue weighted by Crippen LogP contribution is 2.27. The number of carbonyl (C=O) groups is 5. The maximum absolute atomic E-state index is 15.3. The van der Waals surface area contributed by atoms with Crippen molar-refractivity contribution in [3.8, 4) is 0 Å². The molecular weight excluding hydrogens is 794 g/mol. The Labute approximate surface area is 352 Å². The summed E-state index contributed by atoms with van der Waals surface area (Å²) in [5.41, 5.74) is 0.111. The van der Waals surface area contributed by atoms with Gasteiger partial charge >= 0.3 is 18.2 Å². The highest BCUT2D eigenvalue weighted by Gasteiger charge is 2.27. The summed E-state index contributed by atoms with van der Waals surface area (Å²) >= 11 is 1.60. The number of ketones is 1. The third-order valence-electron chi connectivity index (χ3n) is 10.3. The van der Waals surface area contributed by atoms with Gasteiger partial charge in [-0.05, 0) is 88.2 Å². The number of carboxylic acids is 1. The Morgan fingerprint density at radius 1 is 1.00 bits per heavy atom. The lowest BCUT2D eigenvalue weighted by atomic mass is 9.89. The number of carbonyl (C=O) groups excluding carboxylic acids is 4. The van der Waals surface area contributed by atoms with Gasteiger partial charge in [-0.25, -0.2) is 18.8 Å². The van der Waals surface area contributed by atoms with Crippen LogP contribution in [0.15, 0.2) is 64.9 Å². The van der Waals surface area contributed by atoms with Gasteiger partial charge in [-0.2, -0.15) is 0 Å². The van der Waals surface area contributed by atoms with Crippen molar-refractivity contribution in [3.63, 3.8) is 0 Å². The van der Waals surface area contributed by atoms with Crippen molar-refractivity contribution < 1.29 is 42.9 Å². The summed E-state index contributed by atoms with van der Waals surface area (Å²) < 4.78 is 27.8. The Morgan fingerprint density at radius 3 is 2.35 bits per heavy atom. The number of alkyl carbamates (subject to hydrolysis) is 1. The molecule has 0 spiro atoms. The quantitative estimate of drug-likeness (QED) is 0.0904. The molecule has 3 amide bonds. The van der Waals surface area contributed by atoms with E-state index in [0.717, 1.165) is 10.9 Å². The van der Waals surface area contributed by atoms with Crippen LogP contribution in [0, 0.1) is 17.7 Å². The number of aryl methyl sites for hydroxylation is 1. The molecule has 1 aliphatic rings. The van der Waals surface area contributed by atoms with Gasteiger partial charge in [-0.15, -0.1) is 11.3 Å². The van der Waals surface area contributed by atoms with Gasteiger partial charge in [0.2, 0.25) is 11.3 Å². The highest BCUT2D eigenvalue weighted by molar-refractivity contribution is 7.09. The zero-order valence-corrected chi connectivity index (χ0v) is 35.6. The number of anilines is 2. The maximum Gasteiger partial charge on any atom is 0.410 e. The van der Waals surface area contributed by atoms with Crippen molar-refractivity contribution in [1.82, 2.24) is 14.8 Å². The van der Waals surface area contributed by atoms with Crippen molar-refractivity contribution in [2.45, 2.75) is 85.5 Å². The normalized spacial score (nSPS) is 14.0. The summed E-state index contributed by atoms with van der Waals surface area (Å²) in [5, 5.41) is 17.1. The average Bonchev–Trinajstić information content (AvgIpc) is 3.72. The fourth-order valence-electron chi connectivity index (χ4n) is 6.99. The molecule has 0 radical (unpaired) electrons. The number of amides is 3. The van der Waals surface area contributed by atoms with Crippen LogP contribution in [0.4, 0.5) is 25.4 Å². The lowest BCUT2D eigenvalue weighted by Gasteiger charge is -2.35. The molecule has 2 aromatic heterocycles. The lowest BCUT2D eigenvalue weighted by Crippen LogP contribution is -2.49. The molecule has 2 aromatic carbocycles. The number of nitrogens with one attached hydrogen (secondary N) is 2. The first-order valence-corrected chi connectivity index (χ1v) is 21.1. The number of nitrogens with zero attached hydrogens (tertiary/aromatic N) is 3. The van der Waals surface area contributed by atoms with Crippen LogP contribution in [0.5, 0.6) is 0 Å². The first kappa shape index (κ1) is 45.3. The first-order valence-electron chi connectivity index (χ1n) is 20.2. The Kier molecular flexibility index (Phi) is 15.5. The van der Waals surface area contributed by atoms with Crippen molar-refractivity contribution in [3.05, 3.63) is 92.2 Å². The standard InChI is InChI=1S/C44H54FN5O9S/c1-6-48-26-34(41(54)55)39(52)33-24-35(45)37(25-36(33)48)49-17-19-50(20-18-49)43(57)58-27-29-12-14-31(15-13-29)47-40(53)30(10-7-8-16-46-42(56)59-44(3,4)5)23-38(51)28(2)22-32-11-9-21-60-32/h9,11-15,21,24-26,28,30H,6-8,10,16-20,22-23,27H2,1-5H3,(H,46,56)(H,47,53)(H,54,55)/t28-,30+/m0/s1. The lowest BCUT2D eigenvalue weighted by molar-refractivity contribution is -0.128. The largest absolute Gasteiger partial charge is 0.477 e. The van der Waals surface area contributed by atoms with Crippen LogP contribution < -0.4 is 21.0 Å². The summed E-state index contributed by atoms with van der Waals surface area (Å²) in [5.74, 6) is -3.12. The number of aromatic nitrogens is 1. The predicted molar refractivity (Wildman–Crippen MR) is 228 cm³/mol. The van der Waals surface area contributed by atoms with E-state index in [2.05, 4.69) is 10.6 Å². The number of fused-ring (bicyclic) bond motifs is 1. The van der Waals surface area contributed by atoms with Gasteiger partial charge in [0.15, 0.2) is 0 Å². The van der Waals surface area contributed by atoms with Crippen molar-refractivity contribution in [1.29, 1.82) is 0 Å². The van der Waals surface area contributed by atoms with E-state index in [0.29, 0.717) is 68.6 Å². The number of rotatable bonds is 17. The number of hydrogen-bond donors (Lipinski definition) is 3. The number of carboxylic acid groups (broad SMARTS) is 1. The molecule has 1 fully saturated rings. The highest BCUT2D eigenvalue weighted by atomic mass is 32.1. The minimum Gasteiger partial charge on any atom is -0.477 e. The van der Waals surface area contributed by atoms with Crippen LogP contribution >= 0.6 is 11.3 Å². The van der Waals surface area contributed by atoms with Crippen LogP contribution in [0.25, 0.3) is 10.9 Å². The summed E-state index contributed by atoms with van der Waals surface area (Å²) in [7, 11) is 0. The third kappa shape index (κ3) is 12.4. The number of benzene rings is 2. The molecule has 0 aliphatic carbocycles. The van der Waals surface area contributed by atoms with E-state index in [1.165, 1.54) is 11.1 Å². The number of Topliss-reactive ketones (excluding diaryl/α,β-unsaturated/α-hetero) is 1. The van der Waals surface area contributed by atoms with Gasteiger partial charge in [0.1, 0.15) is 29.4 Å². The topological polar surface area (TPSA) is 177 Å². The summed E-state index contributed by atoms with van der Waals surface area (Å²) in [6, 6.07) is 13.5. The molecule has 0 unspecified atom stereocenters. The number of halogens is 1. The molecule has 16 heteroatoms. The zero-order chi connectivity index (χ0) is 43.6. The van der Waals surface area contributed by atoms with Crippen LogP contribution in [0.2, 0.25) is 0 Å². The molecule has 5 rings (SSSR count). The second-order valence-corrected chi connectivity index (χ2v) is 17.0. The van der Waals surface area contributed by atoms with Gasteiger partial charge in [0, 0.05) is 79.7 Å². The van der Waals surface area contributed by atoms with Crippen molar-refractivity contribution in [2.75, 3.05) is 42.9 Å². The van der Waals surface area contributed by atoms with Gasteiger partial charge in [-0.3, -0.25) is 14.4 Å². The second kappa shape index (κ2) is 20.5. The Bertz CT molecular complexity index is 2210. The predicted octanol–water partition coefficient (Wildman–Crippen LogP) is 7.47. The van der Waals surface area contributed by atoms with Gasteiger partial charge in [0.05, 0.1) is 11.2 Å². The molecule has 60 heavy (non-hydrogen) atoms. The van der Waals surface area contributed by atoms with E-state index in [4.69, 9.17) is 9.47 Å².